The van der Waals surface area contributed by atoms with E-state index in [4.69, 9.17) is 4.74 Å². The van der Waals surface area contributed by atoms with Crippen molar-refractivity contribution in [3.63, 3.8) is 0 Å². The summed E-state index contributed by atoms with van der Waals surface area (Å²) in [7, 11) is -3.88. The van der Waals surface area contributed by atoms with Crippen molar-refractivity contribution >= 4 is 21.6 Å². The van der Waals surface area contributed by atoms with E-state index in [1.54, 1.807) is 6.92 Å². The maximum Gasteiger partial charge on any atom is 0.244 e. The number of ether oxygens (including phenoxy) is 1. The van der Waals surface area contributed by atoms with E-state index in [-0.39, 0.29) is 25.3 Å². The standard InChI is InChI=1S/C21H27FN2O4S/c1-5-18(24(29(4,26)27)19-9-7-6-8-17(19)22)21(25)23-12-13-28-20-14-15(2)10-11-16(20)3/h6-11,14,18H,5,12-13H2,1-4H3,(H,23,25)/t18-/m0/s1. The second-order valence-electron chi connectivity index (χ2n) is 6.84. The SMILES string of the molecule is CC[C@@H](C(=O)NCCOc1cc(C)ccc1C)N(c1ccccc1F)S(C)(=O)=O. The normalized spacial score (nSPS) is 12.3. The Labute approximate surface area is 171 Å². The third kappa shape index (κ3) is 5.93. The minimum absolute atomic E-state index is 0.149. The number of carbonyl (C=O) groups excluding carboxylic acids is 1. The molecule has 2 rings (SSSR count). The topological polar surface area (TPSA) is 75.7 Å². The summed E-state index contributed by atoms with van der Waals surface area (Å²) in [6.45, 7) is 5.99. The molecule has 1 atom stereocenters. The summed E-state index contributed by atoms with van der Waals surface area (Å²) >= 11 is 0. The molecule has 0 fully saturated rings. The first-order valence-electron chi connectivity index (χ1n) is 9.36. The highest BCUT2D eigenvalue weighted by molar-refractivity contribution is 7.92. The zero-order chi connectivity index (χ0) is 21.6. The van der Waals surface area contributed by atoms with Crippen LogP contribution in [0, 0.1) is 19.7 Å². The number of halogens is 1. The third-order valence-corrected chi connectivity index (χ3v) is 5.59. The van der Waals surface area contributed by atoms with Crippen molar-refractivity contribution in [2.24, 2.45) is 0 Å². The van der Waals surface area contributed by atoms with Crippen LogP contribution in [-0.4, -0.2) is 39.8 Å². The number of hydrogen-bond acceptors (Lipinski definition) is 4. The molecule has 0 aliphatic rings. The Balaban J connectivity index is 2.08. The number of carbonyl (C=O) groups is 1. The van der Waals surface area contributed by atoms with Crippen molar-refractivity contribution in [3.8, 4) is 5.75 Å². The Bertz CT molecular complexity index is 963. The number of amides is 1. The molecule has 1 amide bonds. The molecule has 0 heterocycles. The molecule has 0 aliphatic heterocycles. The third-order valence-electron chi connectivity index (χ3n) is 4.42. The second kappa shape index (κ2) is 9.73. The van der Waals surface area contributed by atoms with Gasteiger partial charge in [-0.1, -0.05) is 31.2 Å². The van der Waals surface area contributed by atoms with Gasteiger partial charge in [-0.2, -0.15) is 0 Å². The van der Waals surface area contributed by atoms with Gasteiger partial charge in [-0.3, -0.25) is 9.10 Å². The maximum absolute atomic E-state index is 14.2. The molecule has 2 aromatic carbocycles. The molecular formula is C21H27FN2O4S. The number of nitrogens with zero attached hydrogens (tertiary/aromatic N) is 1. The number of rotatable bonds is 9. The number of hydrogen-bond donors (Lipinski definition) is 1. The van der Waals surface area contributed by atoms with E-state index in [1.807, 2.05) is 32.0 Å². The summed E-state index contributed by atoms with van der Waals surface area (Å²) in [5, 5.41) is 2.69. The van der Waals surface area contributed by atoms with Gasteiger partial charge in [0.05, 0.1) is 18.5 Å². The van der Waals surface area contributed by atoms with E-state index in [2.05, 4.69) is 5.32 Å². The smallest absolute Gasteiger partial charge is 0.244 e. The predicted octanol–water partition coefficient (Wildman–Crippen LogP) is 3.18. The number of sulfonamides is 1. The van der Waals surface area contributed by atoms with Crippen LogP contribution in [0.15, 0.2) is 42.5 Å². The second-order valence-corrected chi connectivity index (χ2v) is 8.70. The summed E-state index contributed by atoms with van der Waals surface area (Å²) in [5.74, 6) is -0.483. The molecule has 2 aromatic rings. The Morgan fingerprint density at radius 2 is 1.90 bits per heavy atom. The highest BCUT2D eigenvalue weighted by Gasteiger charge is 2.32. The first-order valence-corrected chi connectivity index (χ1v) is 11.2. The highest BCUT2D eigenvalue weighted by atomic mass is 32.2. The fourth-order valence-electron chi connectivity index (χ4n) is 2.98. The fraction of sp³-hybridized carbons (Fsp3) is 0.381. The van der Waals surface area contributed by atoms with Crippen LogP contribution < -0.4 is 14.4 Å². The van der Waals surface area contributed by atoms with E-state index in [1.165, 1.54) is 18.2 Å². The minimum atomic E-state index is -3.88. The Morgan fingerprint density at radius 1 is 1.21 bits per heavy atom. The molecule has 0 radical (unpaired) electrons. The van der Waals surface area contributed by atoms with E-state index in [0.717, 1.165) is 33.5 Å². The molecule has 0 aromatic heterocycles. The van der Waals surface area contributed by atoms with E-state index in [0.29, 0.717) is 0 Å². The first kappa shape index (κ1) is 22.7. The molecule has 0 bridgehead atoms. The van der Waals surface area contributed by atoms with Gasteiger partial charge in [0.1, 0.15) is 24.2 Å². The van der Waals surface area contributed by atoms with Gasteiger partial charge in [-0.05, 0) is 49.6 Å². The Morgan fingerprint density at radius 3 is 2.52 bits per heavy atom. The summed E-state index contributed by atoms with van der Waals surface area (Å²) in [6, 6.07) is 10.3. The minimum Gasteiger partial charge on any atom is -0.491 e. The lowest BCUT2D eigenvalue weighted by molar-refractivity contribution is -0.122. The summed E-state index contributed by atoms with van der Waals surface area (Å²) < 4.78 is 45.4. The predicted molar refractivity (Wildman–Crippen MR) is 112 cm³/mol. The number of benzene rings is 2. The van der Waals surface area contributed by atoms with Gasteiger partial charge in [-0.15, -0.1) is 0 Å². The zero-order valence-corrected chi connectivity index (χ0v) is 17.9. The lowest BCUT2D eigenvalue weighted by Gasteiger charge is -2.30. The fourth-order valence-corrected chi connectivity index (χ4v) is 4.19. The quantitative estimate of drug-likeness (QED) is 0.630. The number of aryl methyl sites for hydroxylation is 2. The van der Waals surface area contributed by atoms with Crippen molar-refractivity contribution in [1.29, 1.82) is 0 Å². The van der Waals surface area contributed by atoms with Gasteiger partial charge in [0.15, 0.2) is 0 Å². The maximum atomic E-state index is 14.2. The van der Waals surface area contributed by atoms with E-state index < -0.39 is 27.8 Å². The van der Waals surface area contributed by atoms with Crippen molar-refractivity contribution in [2.75, 3.05) is 23.7 Å². The largest absolute Gasteiger partial charge is 0.491 e. The zero-order valence-electron chi connectivity index (χ0n) is 17.1. The average Bonchev–Trinajstić information content (AvgIpc) is 2.65. The molecule has 0 unspecified atom stereocenters. The van der Waals surface area contributed by atoms with Crippen LogP contribution in [0.5, 0.6) is 5.75 Å². The van der Waals surface area contributed by atoms with Crippen LogP contribution in [0.2, 0.25) is 0 Å². The molecule has 6 nitrogen and oxygen atoms in total. The van der Waals surface area contributed by atoms with Gasteiger partial charge >= 0.3 is 0 Å². The van der Waals surface area contributed by atoms with Crippen LogP contribution in [0.4, 0.5) is 10.1 Å². The first-order chi connectivity index (χ1) is 13.6. The lowest BCUT2D eigenvalue weighted by Crippen LogP contribution is -2.50. The number of para-hydroxylation sites is 1. The Hall–Kier alpha value is -2.61. The molecular weight excluding hydrogens is 395 g/mol. The molecule has 0 saturated carbocycles. The van der Waals surface area contributed by atoms with Crippen molar-refractivity contribution < 1.29 is 22.3 Å². The van der Waals surface area contributed by atoms with Crippen molar-refractivity contribution in [3.05, 3.63) is 59.4 Å². The number of anilines is 1. The lowest BCUT2D eigenvalue weighted by atomic mass is 10.1. The summed E-state index contributed by atoms with van der Waals surface area (Å²) in [6.07, 6.45) is 1.14. The summed E-state index contributed by atoms with van der Waals surface area (Å²) in [4.78, 5) is 12.7. The molecule has 8 heteroatoms. The van der Waals surface area contributed by atoms with E-state index in [9.17, 15) is 17.6 Å². The van der Waals surface area contributed by atoms with Gasteiger partial charge in [-0.25, -0.2) is 12.8 Å². The molecule has 29 heavy (non-hydrogen) atoms. The molecule has 0 spiro atoms. The van der Waals surface area contributed by atoms with Gasteiger partial charge in [0.2, 0.25) is 15.9 Å². The van der Waals surface area contributed by atoms with Gasteiger partial charge < -0.3 is 10.1 Å². The van der Waals surface area contributed by atoms with E-state index >= 15 is 0 Å². The van der Waals surface area contributed by atoms with Crippen LogP contribution in [0.1, 0.15) is 24.5 Å². The number of nitrogens with one attached hydrogen (secondary N) is 1. The molecule has 0 saturated heterocycles. The summed E-state index contributed by atoms with van der Waals surface area (Å²) in [5.41, 5.74) is 1.90. The van der Waals surface area contributed by atoms with Crippen molar-refractivity contribution in [1.82, 2.24) is 5.32 Å². The average molecular weight is 423 g/mol. The Kier molecular flexibility index (Phi) is 7.61. The monoisotopic (exact) mass is 422 g/mol. The van der Waals surface area contributed by atoms with Crippen LogP contribution in [0.3, 0.4) is 0 Å². The van der Waals surface area contributed by atoms with Gasteiger partial charge in [0.25, 0.3) is 0 Å². The van der Waals surface area contributed by atoms with Crippen LogP contribution >= 0.6 is 0 Å². The highest BCUT2D eigenvalue weighted by Crippen LogP contribution is 2.25. The van der Waals surface area contributed by atoms with Crippen molar-refractivity contribution in [2.45, 2.75) is 33.2 Å². The van der Waals surface area contributed by atoms with Gasteiger partial charge in [0, 0.05) is 0 Å². The molecule has 158 valence electrons. The van der Waals surface area contributed by atoms with Crippen LogP contribution in [0.25, 0.3) is 0 Å². The van der Waals surface area contributed by atoms with Crippen LogP contribution in [-0.2, 0) is 14.8 Å². The molecule has 1 N–H and O–H groups in total. The molecule has 0 aliphatic carbocycles.